The zero-order valence-corrected chi connectivity index (χ0v) is 18.1. The van der Waals surface area contributed by atoms with E-state index in [4.69, 9.17) is 4.74 Å². The number of nitrogens with one attached hydrogen (secondary N) is 2. The summed E-state index contributed by atoms with van der Waals surface area (Å²) in [5.41, 5.74) is 2.79. The fourth-order valence-corrected chi connectivity index (χ4v) is 4.78. The summed E-state index contributed by atoms with van der Waals surface area (Å²) in [6.45, 7) is 4.21. The molecule has 8 nitrogen and oxygen atoms in total. The maximum absolute atomic E-state index is 13.0. The Morgan fingerprint density at radius 2 is 1.97 bits per heavy atom. The van der Waals surface area contributed by atoms with Gasteiger partial charge in [0.25, 0.3) is 11.8 Å². The van der Waals surface area contributed by atoms with E-state index in [2.05, 4.69) is 17.7 Å². The van der Waals surface area contributed by atoms with Crippen molar-refractivity contribution >= 4 is 17.8 Å². The number of ether oxygens (including phenoxy) is 1. The van der Waals surface area contributed by atoms with E-state index in [0.717, 1.165) is 42.9 Å². The second kappa shape index (κ2) is 9.36. The molecule has 1 aliphatic carbocycles. The topological polar surface area (TPSA) is 91.0 Å². The number of amides is 4. The minimum absolute atomic E-state index is 0.0792. The molecular weight excluding hydrogens is 396 g/mol. The van der Waals surface area contributed by atoms with Gasteiger partial charge in [0.1, 0.15) is 5.54 Å². The molecule has 2 N–H and O–H groups in total. The molecule has 1 aromatic rings. The van der Waals surface area contributed by atoms with Crippen LogP contribution in [0.2, 0.25) is 0 Å². The number of hydrogen-bond acceptors (Lipinski definition) is 5. The lowest BCUT2D eigenvalue weighted by Gasteiger charge is -2.33. The van der Waals surface area contributed by atoms with Crippen LogP contribution in [-0.4, -0.2) is 59.1 Å². The van der Waals surface area contributed by atoms with Gasteiger partial charge in [-0.25, -0.2) is 4.79 Å². The van der Waals surface area contributed by atoms with E-state index < -0.39 is 11.6 Å². The summed E-state index contributed by atoms with van der Waals surface area (Å²) in [7, 11) is 0. The number of carbonyl (C=O) groups is 3. The Morgan fingerprint density at radius 3 is 2.65 bits per heavy atom. The van der Waals surface area contributed by atoms with Gasteiger partial charge in [0.15, 0.2) is 0 Å². The van der Waals surface area contributed by atoms with Crippen LogP contribution in [0.1, 0.15) is 51.0 Å². The molecule has 3 fully saturated rings. The van der Waals surface area contributed by atoms with Gasteiger partial charge >= 0.3 is 6.03 Å². The quantitative estimate of drug-likeness (QED) is 0.650. The van der Waals surface area contributed by atoms with Gasteiger partial charge in [-0.05, 0) is 50.0 Å². The Kier molecular flexibility index (Phi) is 6.57. The van der Waals surface area contributed by atoms with E-state index in [1.165, 1.54) is 0 Å². The maximum atomic E-state index is 13.0. The second-order valence-electron chi connectivity index (χ2n) is 9.16. The molecule has 0 bridgehead atoms. The zero-order chi connectivity index (χ0) is 21.8. The number of benzene rings is 1. The highest BCUT2D eigenvalue weighted by molar-refractivity contribution is 6.08. The number of carbonyl (C=O) groups excluding carboxylic acids is 3. The molecule has 1 atom stereocenters. The maximum Gasteiger partial charge on any atom is 0.344 e. The predicted octanol–water partition coefficient (Wildman–Crippen LogP) is 2.20. The fraction of sp³-hybridized carbons (Fsp3) is 0.609. The Balaban J connectivity index is 1.38. The van der Waals surface area contributed by atoms with Gasteiger partial charge in [0.05, 0.1) is 12.6 Å². The number of imide groups is 1. The van der Waals surface area contributed by atoms with E-state index in [9.17, 15) is 14.4 Å². The van der Waals surface area contributed by atoms with Crippen LogP contribution in [0.5, 0.6) is 0 Å². The molecule has 168 valence electrons. The number of hydrogen-bond donors (Lipinski definition) is 2. The molecule has 3 aliphatic rings. The van der Waals surface area contributed by atoms with Crippen LogP contribution in [0.4, 0.5) is 4.79 Å². The van der Waals surface area contributed by atoms with Crippen LogP contribution < -0.4 is 10.7 Å². The molecule has 8 heteroatoms. The smallest absolute Gasteiger partial charge is 0.344 e. The van der Waals surface area contributed by atoms with Crippen molar-refractivity contribution in [2.24, 2.45) is 5.92 Å². The number of nitrogens with zero attached hydrogens (tertiary/aromatic N) is 2. The first-order valence-electron chi connectivity index (χ1n) is 11.3. The monoisotopic (exact) mass is 428 g/mol. The first-order chi connectivity index (χ1) is 14.9. The summed E-state index contributed by atoms with van der Waals surface area (Å²) in [4.78, 5) is 40.3. The predicted molar refractivity (Wildman–Crippen MR) is 115 cm³/mol. The van der Waals surface area contributed by atoms with Crippen LogP contribution in [0.25, 0.3) is 0 Å². The number of hydrazine groups is 1. The molecule has 4 amide bonds. The fourth-order valence-electron chi connectivity index (χ4n) is 4.78. The SMILES string of the molecule is CC1CCC2(CC1)NC(=O)N(NC(=O)CN(Cc1ccccc1)CC1CCCO1)C2=O. The lowest BCUT2D eigenvalue weighted by Crippen LogP contribution is -2.53. The van der Waals surface area contributed by atoms with E-state index in [1.807, 2.05) is 35.2 Å². The van der Waals surface area contributed by atoms with Crippen molar-refractivity contribution in [3.8, 4) is 0 Å². The lowest BCUT2D eigenvalue weighted by atomic mass is 9.77. The molecule has 2 saturated heterocycles. The summed E-state index contributed by atoms with van der Waals surface area (Å²) in [5.74, 6) is -0.173. The summed E-state index contributed by atoms with van der Waals surface area (Å²) in [5, 5.41) is 3.72. The van der Waals surface area contributed by atoms with E-state index >= 15 is 0 Å². The van der Waals surface area contributed by atoms with Crippen molar-refractivity contribution in [3.63, 3.8) is 0 Å². The standard InChI is InChI=1S/C23H32N4O4/c1-17-9-11-23(12-10-17)21(29)27(22(30)24-23)25-20(28)16-26(15-19-8-5-13-31-19)14-18-6-3-2-4-7-18/h2-4,6-7,17,19H,5,8-16H2,1H3,(H,24,30)(H,25,28). The molecule has 0 aromatic heterocycles. The van der Waals surface area contributed by atoms with Crippen molar-refractivity contribution in [3.05, 3.63) is 35.9 Å². The van der Waals surface area contributed by atoms with Crippen LogP contribution >= 0.6 is 0 Å². The Hall–Kier alpha value is -2.45. The van der Waals surface area contributed by atoms with Gasteiger partial charge < -0.3 is 10.1 Å². The molecule has 1 unspecified atom stereocenters. The molecule has 1 saturated carbocycles. The largest absolute Gasteiger partial charge is 0.377 e. The molecule has 31 heavy (non-hydrogen) atoms. The Bertz CT molecular complexity index is 801. The molecule has 0 radical (unpaired) electrons. The van der Waals surface area contributed by atoms with Crippen molar-refractivity contribution in [2.45, 2.75) is 63.6 Å². The third kappa shape index (κ3) is 5.07. The van der Waals surface area contributed by atoms with Crippen LogP contribution in [0.3, 0.4) is 0 Å². The van der Waals surface area contributed by atoms with Crippen molar-refractivity contribution < 1.29 is 19.1 Å². The Labute approximate surface area is 183 Å². The van der Waals surface area contributed by atoms with E-state index in [-0.39, 0.29) is 24.5 Å². The van der Waals surface area contributed by atoms with Gasteiger partial charge in [0, 0.05) is 19.7 Å². The second-order valence-corrected chi connectivity index (χ2v) is 9.16. The summed E-state index contributed by atoms with van der Waals surface area (Å²) >= 11 is 0. The highest BCUT2D eigenvalue weighted by atomic mass is 16.5. The lowest BCUT2D eigenvalue weighted by molar-refractivity contribution is -0.140. The van der Waals surface area contributed by atoms with E-state index in [0.29, 0.717) is 31.8 Å². The summed E-state index contributed by atoms with van der Waals surface area (Å²) in [6, 6.07) is 9.40. The van der Waals surface area contributed by atoms with Gasteiger partial charge in [-0.3, -0.25) is 19.9 Å². The van der Waals surface area contributed by atoms with Gasteiger partial charge in [-0.15, -0.1) is 0 Å². The number of rotatable bonds is 7. The highest BCUT2D eigenvalue weighted by Gasteiger charge is 2.52. The molecule has 2 heterocycles. The van der Waals surface area contributed by atoms with Gasteiger partial charge in [-0.2, -0.15) is 5.01 Å². The average Bonchev–Trinajstić information content (AvgIpc) is 3.34. The molecule has 4 rings (SSSR count). The highest BCUT2D eigenvalue weighted by Crippen LogP contribution is 2.35. The number of urea groups is 1. The van der Waals surface area contributed by atoms with Crippen LogP contribution in [0, 0.1) is 5.92 Å². The molecular formula is C23H32N4O4. The summed E-state index contributed by atoms with van der Waals surface area (Å²) in [6.07, 6.45) is 5.11. The molecule has 1 aromatic carbocycles. The molecule has 1 spiro atoms. The zero-order valence-electron chi connectivity index (χ0n) is 18.1. The minimum atomic E-state index is -0.863. The van der Waals surface area contributed by atoms with Crippen LogP contribution in [-0.2, 0) is 20.9 Å². The van der Waals surface area contributed by atoms with Gasteiger partial charge in [0.2, 0.25) is 0 Å². The average molecular weight is 429 g/mol. The normalized spacial score (nSPS) is 28.4. The van der Waals surface area contributed by atoms with Gasteiger partial charge in [-0.1, -0.05) is 37.3 Å². The van der Waals surface area contributed by atoms with Crippen LogP contribution in [0.15, 0.2) is 30.3 Å². The van der Waals surface area contributed by atoms with Crippen molar-refractivity contribution in [2.75, 3.05) is 19.7 Å². The minimum Gasteiger partial charge on any atom is -0.377 e. The first-order valence-corrected chi connectivity index (χ1v) is 11.3. The van der Waals surface area contributed by atoms with Crippen molar-refractivity contribution in [1.82, 2.24) is 20.7 Å². The first kappa shape index (κ1) is 21.8. The Morgan fingerprint density at radius 1 is 1.23 bits per heavy atom. The van der Waals surface area contributed by atoms with Crippen molar-refractivity contribution in [1.29, 1.82) is 0 Å². The van der Waals surface area contributed by atoms with E-state index in [1.54, 1.807) is 0 Å². The summed E-state index contributed by atoms with van der Waals surface area (Å²) < 4.78 is 5.75. The third-order valence-electron chi connectivity index (χ3n) is 6.63. The molecule has 2 aliphatic heterocycles. The third-order valence-corrected chi connectivity index (χ3v) is 6.63.